The van der Waals surface area contributed by atoms with Crippen molar-refractivity contribution < 1.29 is 19.5 Å². The summed E-state index contributed by atoms with van der Waals surface area (Å²) >= 11 is 1.62. The number of carboxylic acid groups (broad SMARTS) is 1. The molecule has 0 bridgehead atoms. The summed E-state index contributed by atoms with van der Waals surface area (Å²) in [6.45, 7) is 2.80. The molecule has 0 radical (unpaired) electrons. The molecule has 2 aliphatic rings. The highest BCUT2D eigenvalue weighted by Crippen LogP contribution is 2.27. The minimum absolute atomic E-state index is 0.0303. The molecular weight excluding hydrogens is 378 g/mol. The van der Waals surface area contributed by atoms with Crippen molar-refractivity contribution in [2.24, 2.45) is 11.8 Å². The van der Waals surface area contributed by atoms with E-state index in [2.05, 4.69) is 10.6 Å². The van der Waals surface area contributed by atoms with Gasteiger partial charge in [0, 0.05) is 18.5 Å². The number of carbonyl (C=O) groups excluding carboxylic acids is 2. The molecule has 2 amide bonds. The highest BCUT2D eigenvalue weighted by Gasteiger charge is 2.30. The lowest BCUT2D eigenvalue weighted by Crippen LogP contribution is -2.48. The topological polar surface area (TPSA) is 98.7 Å². The summed E-state index contributed by atoms with van der Waals surface area (Å²) in [4.78, 5) is 37.9. The molecule has 7 nitrogen and oxygen atoms in total. The van der Waals surface area contributed by atoms with Crippen LogP contribution in [-0.2, 0) is 14.4 Å². The zero-order valence-electron chi connectivity index (χ0n) is 17.0. The van der Waals surface area contributed by atoms with Gasteiger partial charge in [-0.05, 0) is 76.0 Å². The second kappa shape index (κ2) is 12.3. The van der Waals surface area contributed by atoms with Crippen LogP contribution in [0.5, 0.6) is 0 Å². The summed E-state index contributed by atoms with van der Waals surface area (Å²) < 4.78 is 0. The number of piperidine rings is 2. The molecule has 0 aromatic carbocycles. The molecule has 2 rings (SSSR count). The Balaban J connectivity index is 1.79. The van der Waals surface area contributed by atoms with E-state index in [0.29, 0.717) is 18.9 Å². The lowest BCUT2D eigenvalue weighted by molar-refractivity contribution is -0.143. The Morgan fingerprint density at radius 1 is 1.29 bits per heavy atom. The number of likely N-dealkylation sites (tertiary alicyclic amines) is 1. The number of rotatable bonds is 11. The van der Waals surface area contributed by atoms with Crippen LogP contribution in [-0.4, -0.2) is 72.0 Å². The van der Waals surface area contributed by atoms with E-state index in [1.807, 2.05) is 6.26 Å². The fourth-order valence-corrected chi connectivity index (χ4v) is 4.72. The van der Waals surface area contributed by atoms with Gasteiger partial charge in [-0.25, -0.2) is 0 Å². The number of nitrogens with zero attached hydrogens (tertiary/aromatic N) is 1. The smallest absolute Gasteiger partial charge is 0.305 e. The van der Waals surface area contributed by atoms with Gasteiger partial charge in [0.05, 0.1) is 13.0 Å². The zero-order valence-corrected chi connectivity index (χ0v) is 17.8. The molecule has 2 fully saturated rings. The van der Waals surface area contributed by atoms with Crippen LogP contribution in [0.15, 0.2) is 0 Å². The van der Waals surface area contributed by atoms with Gasteiger partial charge in [0.1, 0.15) is 0 Å². The van der Waals surface area contributed by atoms with Crippen molar-refractivity contribution in [1.82, 2.24) is 15.5 Å². The molecule has 0 spiro atoms. The second-order valence-electron chi connectivity index (χ2n) is 8.01. The number of hydrogen-bond donors (Lipinski definition) is 3. The number of nitrogens with one attached hydrogen (secondary N) is 2. The molecule has 3 N–H and O–H groups in total. The molecule has 2 heterocycles. The lowest BCUT2D eigenvalue weighted by atomic mass is 9.86. The van der Waals surface area contributed by atoms with E-state index in [-0.39, 0.29) is 36.7 Å². The van der Waals surface area contributed by atoms with Crippen LogP contribution >= 0.6 is 11.8 Å². The summed E-state index contributed by atoms with van der Waals surface area (Å²) in [7, 11) is 0. The Morgan fingerprint density at radius 2 is 2.04 bits per heavy atom. The maximum absolute atomic E-state index is 12.8. The first-order valence-electron chi connectivity index (χ1n) is 10.5. The first kappa shape index (κ1) is 23.0. The third-order valence-corrected chi connectivity index (χ3v) is 6.46. The fraction of sp³-hybridized carbons (Fsp3) is 0.850. The van der Waals surface area contributed by atoms with Gasteiger partial charge in [0.15, 0.2) is 0 Å². The van der Waals surface area contributed by atoms with Gasteiger partial charge in [-0.2, -0.15) is 11.8 Å². The minimum Gasteiger partial charge on any atom is -0.481 e. The number of hydrogen-bond acceptors (Lipinski definition) is 5. The molecule has 0 aliphatic carbocycles. The normalized spacial score (nSPS) is 22.1. The van der Waals surface area contributed by atoms with Gasteiger partial charge < -0.3 is 20.6 Å². The molecule has 2 unspecified atom stereocenters. The van der Waals surface area contributed by atoms with Crippen LogP contribution in [0.4, 0.5) is 0 Å². The van der Waals surface area contributed by atoms with Crippen molar-refractivity contribution >= 4 is 29.5 Å². The standard InChI is InChI=1S/C20H35N3O4S/c1-28-12-8-17(13-19(25)26)22-18(24)14-23-11-2-3-16(20(23)27)5-4-15-6-9-21-10-7-15/h15-17,21H,2-14H2,1H3,(H,22,24)(H,25,26). The van der Waals surface area contributed by atoms with Crippen LogP contribution in [0, 0.1) is 11.8 Å². The van der Waals surface area contributed by atoms with Crippen molar-refractivity contribution in [3.05, 3.63) is 0 Å². The second-order valence-corrected chi connectivity index (χ2v) is 9.00. The van der Waals surface area contributed by atoms with E-state index < -0.39 is 5.97 Å². The Kier molecular flexibility index (Phi) is 10.1. The van der Waals surface area contributed by atoms with E-state index >= 15 is 0 Å². The molecular formula is C20H35N3O4S. The van der Waals surface area contributed by atoms with Gasteiger partial charge in [0.25, 0.3) is 0 Å². The largest absolute Gasteiger partial charge is 0.481 e. The first-order valence-corrected chi connectivity index (χ1v) is 11.9. The average molecular weight is 414 g/mol. The zero-order chi connectivity index (χ0) is 20.4. The number of carbonyl (C=O) groups is 3. The van der Waals surface area contributed by atoms with E-state index in [9.17, 15) is 14.4 Å². The number of aliphatic carboxylic acids is 1. The summed E-state index contributed by atoms with van der Waals surface area (Å²) in [5.74, 6) is 0.454. The maximum Gasteiger partial charge on any atom is 0.305 e. The summed E-state index contributed by atoms with van der Waals surface area (Å²) in [5, 5.41) is 15.2. The predicted octanol–water partition coefficient (Wildman–Crippen LogP) is 1.72. The molecule has 0 saturated carbocycles. The van der Waals surface area contributed by atoms with Crippen molar-refractivity contribution in [2.75, 3.05) is 38.2 Å². The summed E-state index contributed by atoms with van der Waals surface area (Å²) in [5.41, 5.74) is 0. The predicted molar refractivity (Wildman–Crippen MR) is 111 cm³/mol. The number of amides is 2. The molecule has 28 heavy (non-hydrogen) atoms. The molecule has 0 aromatic rings. The third-order valence-electron chi connectivity index (χ3n) is 5.81. The SMILES string of the molecule is CSCCC(CC(=O)O)NC(=O)CN1CCCC(CCC2CCNCC2)C1=O. The Hall–Kier alpha value is -1.28. The fourth-order valence-electron chi connectivity index (χ4n) is 4.20. The van der Waals surface area contributed by atoms with Crippen LogP contribution < -0.4 is 10.6 Å². The van der Waals surface area contributed by atoms with Crippen molar-refractivity contribution in [1.29, 1.82) is 0 Å². The average Bonchev–Trinajstić information content (AvgIpc) is 2.67. The summed E-state index contributed by atoms with van der Waals surface area (Å²) in [6.07, 6.45) is 8.71. The molecule has 2 saturated heterocycles. The van der Waals surface area contributed by atoms with Crippen LogP contribution in [0.3, 0.4) is 0 Å². The molecule has 0 aromatic heterocycles. The molecule has 2 atom stereocenters. The third kappa shape index (κ3) is 7.99. The van der Waals surface area contributed by atoms with Gasteiger partial charge in [-0.15, -0.1) is 0 Å². The lowest BCUT2D eigenvalue weighted by Gasteiger charge is -2.33. The highest BCUT2D eigenvalue weighted by molar-refractivity contribution is 7.98. The minimum atomic E-state index is -0.918. The quantitative estimate of drug-likeness (QED) is 0.477. The van der Waals surface area contributed by atoms with Crippen molar-refractivity contribution in [2.45, 2.75) is 57.4 Å². The van der Waals surface area contributed by atoms with E-state index in [0.717, 1.165) is 44.5 Å². The maximum atomic E-state index is 12.8. The number of thioether (sulfide) groups is 1. The van der Waals surface area contributed by atoms with Crippen molar-refractivity contribution in [3.63, 3.8) is 0 Å². The Labute approximate surface area is 172 Å². The van der Waals surface area contributed by atoms with Crippen LogP contribution in [0.2, 0.25) is 0 Å². The Bertz CT molecular complexity index is 526. The molecule has 2 aliphatic heterocycles. The van der Waals surface area contributed by atoms with Crippen molar-refractivity contribution in [3.8, 4) is 0 Å². The van der Waals surface area contributed by atoms with Gasteiger partial charge >= 0.3 is 5.97 Å². The van der Waals surface area contributed by atoms with Crippen LogP contribution in [0.1, 0.15) is 51.4 Å². The monoisotopic (exact) mass is 413 g/mol. The molecule has 8 heteroatoms. The van der Waals surface area contributed by atoms with E-state index in [1.54, 1.807) is 16.7 Å². The van der Waals surface area contributed by atoms with Gasteiger partial charge in [-0.3, -0.25) is 14.4 Å². The number of carboxylic acids is 1. The van der Waals surface area contributed by atoms with Crippen LogP contribution in [0.25, 0.3) is 0 Å². The first-order chi connectivity index (χ1) is 13.5. The van der Waals surface area contributed by atoms with Gasteiger partial charge in [0.2, 0.25) is 11.8 Å². The van der Waals surface area contributed by atoms with E-state index in [1.165, 1.54) is 12.8 Å². The molecule has 160 valence electrons. The Morgan fingerprint density at radius 3 is 2.71 bits per heavy atom. The highest BCUT2D eigenvalue weighted by atomic mass is 32.2. The van der Waals surface area contributed by atoms with E-state index in [4.69, 9.17) is 5.11 Å². The van der Waals surface area contributed by atoms with Gasteiger partial charge in [-0.1, -0.05) is 0 Å². The summed E-state index contributed by atoms with van der Waals surface area (Å²) in [6, 6.07) is -0.381.